The van der Waals surface area contributed by atoms with Crippen LogP contribution >= 0.6 is 0 Å². The second-order valence-electron chi connectivity index (χ2n) is 8.17. The minimum absolute atomic E-state index is 0.0681. The van der Waals surface area contributed by atoms with E-state index in [9.17, 15) is 9.59 Å². The molecule has 0 aliphatic heterocycles. The Morgan fingerprint density at radius 2 is 1.69 bits per heavy atom. The standard InChI is InChI=1S/C26H28N4O2/c1-17-10-8-9-11-21(17)14-15-27-25(31)20(4)29-18(2)23-16-28-30(22-12-6-5-7-13-22)26(32)24(23)19(29)3/h5-13,16,20H,14-15H2,1-4H3,(H,27,31). The van der Waals surface area contributed by atoms with Crippen molar-refractivity contribution < 1.29 is 4.79 Å². The molecule has 2 aromatic heterocycles. The first kappa shape index (κ1) is 21.6. The van der Waals surface area contributed by atoms with Gasteiger partial charge in [-0.25, -0.2) is 0 Å². The first-order valence-corrected chi connectivity index (χ1v) is 10.9. The van der Waals surface area contributed by atoms with Gasteiger partial charge in [0.2, 0.25) is 5.91 Å². The number of aromatic nitrogens is 3. The van der Waals surface area contributed by atoms with Crippen LogP contribution in [0.25, 0.3) is 16.5 Å². The Balaban J connectivity index is 1.61. The summed E-state index contributed by atoms with van der Waals surface area (Å²) in [5.41, 5.74) is 4.62. The molecule has 1 atom stereocenters. The summed E-state index contributed by atoms with van der Waals surface area (Å²) in [7, 11) is 0. The fraction of sp³-hybridized carbons (Fsp3) is 0.269. The molecule has 0 radical (unpaired) electrons. The van der Waals surface area contributed by atoms with Gasteiger partial charge in [0.15, 0.2) is 0 Å². The molecular formula is C26H28N4O2. The molecule has 6 nitrogen and oxygen atoms in total. The van der Waals surface area contributed by atoms with Gasteiger partial charge in [-0.3, -0.25) is 9.59 Å². The maximum Gasteiger partial charge on any atom is 0.281 e. The van der Waals surface area contributed by atoms with Crippen molar-refractivity contribution in [3.8, 4) is 5.69 Å². The predicted octanol–water partition coefficient (Wildman–Crippen LogP) is 4.03. The summed E-state index contributed by atoms with van der Waals surface area (Å²) >= 11 is 0. The summed E-state index contributed by atoms with van der Waals surface area (Å²) < 4.78 is 3.35. The van der Waals surface area contributed by atoms with E-state index in [0.29, 0.717) is 17.6 Å². The van der Waals surface area contributed by atoms with Gasteiger partial charge in [0.05, 0.1) is 17.3 Å². The Morgan fingerprint density at radius 3 is 2.41 bits per heavy atom. The number of aryl methyl sites for hydroxylation is 3. The molecule has 0 spiro atoms. The molecule has 0 aliphatic rings. The molecule has 0 bridgehead atoms. The van der Waals surface area contributed by atoms with Crippen molar-refractivity contribution >= 4 is 16.7 Å². The number of hydrogen-bond acceptors (Lipinski definition) is 3. The highest BCUT2D eigenvalue weighted by molar-refractivity contribution is 5.89. The van der Waals surface area contributed by atoms with Crippen molar-refractivity contribution in [3.63, 3.8) is 0 Å². The molecule has 6 heteroatoms. The highest BCUT2D eigenvalue weighted by Crippen LogP contribution is 2.26. The lowest BCUT2D eigenvalue weighted by Gasteiger charge is -2.18. The Hall–Kier alpha value is -3.67. The Labute approximate surface area is 187 Å². The van der Waals surface area contributed by atoms with Gasteiger partial charge in [0.1, 0.15) is 6.04 Å². The summed E-state index contributed by atoms with van der Waals surface area (Å²) in [4.78, 5) is 26.2. The fourth-order valence-corrected chi connectivity index (χ4v) is 4.39. The van der Waals surface area contributed by atoms with E-state index in [0.717, 1.165) is 23.2 Å². The zero-order valence-electron chi connectivity index (χ0n) is 18.9. The molecule has 0 aliphatic carbocycles. The molecule has 0 saturated heterocycles. The van der Waals surface area contributed by atoms with Crippen LogP contribution in [-0.4, -0.2) is 26.8 Å². The van der Waals surface area contributed by atoms with Crippen molar-refractivity contribution in [2.45, 2.75) is 40.2 Å². The Morgan fingerprint density at radius 1 is 1.00 bits per heavy atom. The molecule has 2 aromatic carbocycles. The first-order valence-electron chi connectivity index (χ1n) is 10.9. The summed E-state index contributed by atoms with van der Waals surface area (Å²) in [6, 6.07) is 17.1. The molecule has 2 heterocycles. The van der Waals surface area contributed by atoms with E-state index in [1.165, 1.54) is 15.8 Å². The highest BCUT2D eigenvalue weighted by Gasteiger charge is 2.23. The Bertz CT molecular complexity index is 1340. The third-order valence-corrected chi connectivity index (χ3v) is 6.17. The van der Waals surface area contributed by atoms with Crippen LogP contribution in [0.3, 0.4) is 0 Å². The number of carbonyl (C=O) groups excluding carboxylic acids is 1. The minimum Gasteiger partial charge on any atom is -0.354 e. The average molecular weight is 429 g/mol. The number of nitrogens with zero attached hydrogens (tertiary/aromatic N) is 3. The van der Waals surface area contributed by atoms with E-state index >= 15 is 0 Å². The number of hydrogen-bond donors (Lipinski definition) is 1. The van der Waals surface area contributed by atoms with Gasteiger partial charge in [-0.05, 0) is 57.4 Å². The maximum atomic E-state index is 13.3. The van der Waals surface area contributed by atoms with Crippen molar-refractivity contribution in [1.82, 2.24) is 19.7 Å². The molecule has 32 heavy (non-hydrogen) atoms. The maximum absolute atomic E-state index is 13.3. The number of carbonyl (C=O) groups is 1. The van der Waals surface area contributed by atoms with Gasteiger partial charge in [0.25, 0.3) is 5.56 Å². The van der Waals surface area contributed by atoms with Crippen LogP contribution in [-0.2, 0) is 11.2 Å². The van der Waals surface area contributed by atoms with Gasteiger partial charge in [-0.1, -0.05) is 42.5 Å². The van der Waals surface area contributed by atoms with Gasteiger partial charge in [-0.2, -0.15) is 9.78 Å². The van der Waals surface area contributed by atoms with Crippen LogP contribution in [0, 0.1) is 20.8 Å². The van der Waals surface area contributed by atoms with Crippen molar-refractivity contribution in [2.24, 2.45) is 0 Å². The first-order chi connectivity index (χ1) is 15.4. The van der Waals surface area contributed by atoms with Crippen molar-refractivity contribution in [1.29, 1.82) is 0 Å². The van der Waals surface area contributed by atoms with E-state index in [1.54, 1.807) is 6.20 Å². The van der Waals surface area contributed by atoms with Gasteiger partial charge in [0, 0.05) is 23.3 Å². The van der Waals surface area contributed by atoms with Gasteiger partial charge < -0.3 is 9.88 Å². The van der Waals surface area contributed by atoms with E-state index in [1.807, 2.05) is 67.8 Å². The topological polar surface area (TPSA) is 68.9 Å². The highest BCUT2D eigenvalue weighted by atomic mass is 16.2. The number of fused-ring (bicyclic) bond motifs is 1. The number of nitrogens with one attached hydrogen (secondary N) is 1. The summed E-state index contributed by atoms with van der Waals surface area (Å²) in [5, 5.41) is 8.80. The van der Waals surface area contributed by atoms with Crippen LogP contribution in [0.2, 0.25) is 0 Å². The number of para-hydroxylation sites is 1. The fourth-order valence-electron chi connectivity index (χ4n) is 4.39. The minimum atomic E-state index is -0.441. The van der Waals surface area contributed by atoms with E-state index in [2.05, 4.69) is 29.5 Å². The van der Waals surface area contributed by atoms with Crippen LogP contribution in [0.5, 0.6) is 0 Å². The zero-order valence-corrected chi connectivity index (χ0v) is 18.9. The molecule has 0 fully saturated rings. The average Bonchev–Trinajstić information content (AvgIpc) is 3.05. The largest absolute Gasteiger partial charge is 0.354 e. The Kier molecular flexibility index (Phi) is 5.95. The van der Waals surface area contributed by atoms with Crippen LogP contribution in [0.15, 0.2) is 65.6 Å². The van der Waals surface area contributed by atoms with E-state index < -0.39 is 6.04 Å². The normalized spacial score (nSPS) is 12.1. The van der Waals surface area contributed by atoms with Gasteiger partial charge in [-0.15, -0.1) is 0 Å². The molecule has 0 saturated carbocycles. The molecular weight excluding hydrogens is 400 g/mol. The molecule has 164 valence electrons. The molecule has 1 amide bonds. The van der Waals surface area contributed by atoms with E-state index in [4.69, 9.17) is 0 Å². The van der Waals surface area contributed by atoms with Crippen LogP contribution in [0.4, 0.5) is 0 Å². The monoisotopic (exact) mass is 428 g/mol. The molecule has 4 rings (SSSR count). The van der Waals surface area contributed by atoms with Gasteiger partial charge >= 0.3 is 0 Å². The second kappa shape index (κ2) is 8.83. The molecule has 4 aromatic rings. The van der Waals surface area contributed by atoms with Crippen LogP contribution in [0.1, 0.15) is 35.5 Å². The zero-order chi connectivity index (χ0) is 22.8. The smallest absolute Gasteiger partial charge is 0.281 e. The lowest BCUT2D eigenvalue weighted by atomic mass is 10.1. The quantitative estimate of drug-likeness (QED) is 0.504. The number of amides is 1. The van der Waals surface area contributed by atoms with Crippen molar-refractivity contribution in [2.75, 3.05) is 6.54 Å². The van der Waals surface area contributed by atoms with Crippen molar-refractivity contribution in [3.05, 3.63) is 93.7 Å². The summed E-state index contributed by atoms with van der Waals surface area (Å²) in [5.74, 6) is -0.0681. The summed E-state index contributed by atoms with van der Waals surface area (Å²) in [6.45, 7) is 8.33. The third-order valence-electron chi connectivity index (χ3n) is 6.17. The SMILES string of the molecule is Cc1ccccc1CCNC(=O)C(C)n1c(C)c2cnn(-c3ccccc3)c(=O)c2c1C. The van der Waals surface area contributed by atoms with Crippen LogP contribution < -0.4 is 10.9 Å². The molecule has 1 unspecified atom stereocenters. The summed E-state index contributed by atoms with van der Waals surface area (Å²) in [6.07, 6.45) is 2.49. The third kappa shape index (κ3) is 3.84. The lowest BCUT2D eigenvalue weighted by molar-refractivity contribution is -0.123. The lowest BCUT2D eigenvalue weighted by Crippen LogP contribution is -2.33. The van der Waals surface area contributed by atoms with E-state index in [-0.39, 0.29) is 11.5 Å². The second-order valence-corrected chi connectivity index (χ2v) is 8.17. The predicted molar refractivity (Wildman–Crippen MR) is 127 cm³/mol. The number of benzene rings is 2. The molecule has 1 N–H and O–H groups in total. The number of rotatable bonds is 6.